The first kappa shape index (κ1) is 36.0. The van der Waals surface area contributed by atoms with Crippen molar-refractivity contribution >= 4 is 77.1 Å². The Hall–Kier alpha value is -7.88. The fourth-order valence-corrected chi connectivity index (χ4v) is 9.86. The quantitative estimate of drug-likeness (QED) is 0.157. The van der Waals surface area contributed by atoms with Crippen molar-refractivity contribution in [1.82, 2.24) is 9.13 Å². The summed E-state index contributed by atoms with van der Waals surface area (Å²) in [6, 6.07) is 77.4. The van der Waals surface area contributed by atoms with Gasteiger partial charge in [-0.25, -0.2) is 0 Å². The summed E-state index contributed by atoms with van der Waals surface area (Å²) in [5.41, 5.74) is 14.2. The minimum atomic E-state index is -0.132. The second-order valence-electron chi connectivity index (χ2n) is 16.8. The molecule has 0 bridgehead atoms. The van der Waals surface area contributed by atoms with E-state index in [1.54, 1.807) is 0 Å². The molecule has 9 aromatic carbocycles. The van der Waals surface area contributed by atoms with Crippen molar-refractivity contribution in [2.24, 2.45) is 0 Å². The monoisotopic (exact) mass is 793 g/mol. The molecule has 0 saturated heterocycles. The summed E-state index contributed by atoms with van der Waals surface area (Å²) >= 11 is 0. The van der Waals surface area contributed by atoms with Crippen LogP contribution in [0.5, 0.6) is 0 Å². The van der Waals surface area contributed by atoms with Crippen molar-refractivity contribution in [1.29, 1.82) is 0 Å². The van der Waals surface area contributed by atoms with Gasteiger partial charge in [0.25, 0.3) is 0 Å². The molecule has 0 amide bonds. The smallest absolute Gasteiger partial charge is 0.0541 e. The van der Waals surface area contributed by atoms with Crippen molar-refractivity contribution < 1.29 is 0 Å². The summed E-state index contributed by atoms with van der Waals surface area (Å²) in [5.74, 6) is 0. The molecule has 2 aromatic heterocycles. The van der Waals surface area contributed by atoms with E-state index in [1.807, 2.05) is 0 Å². The molecule has 1 aliphatic rings. The maximum atomic E-state index is 2.42. The number of hydrogen-bond acceptors (Lipinski definition) is 1. The van der Waals surface area contributed by atoms with E-state index in [0.29, 0.717) is 0 Å². The van der Waals surface area contributed by atoms with Gasteiger partial charge in [-0.15, -0.1) is 0 Å². The zero-order valence-corrected chi connectivity index (χ0v) is 34.5. The van der Waals surface area contributed by atoms with Gasteiger partial charge in [0.2, 0.25) is 0 Å². The van der Waals surface area contributed by atoms with Crippen molar-refractivity contribution in [3.63, 3.8) is 0 Å². The third kappa shape index (κ3) is 5.89. The number of para-hydroxylation sites is 4. The summed E-state index contributed by atoms with van der Waals surface area (Å²) in [4.78, 5) is 2.38. The Balaban J connectivity index is 0.860. The number of fused-ring (bicyclic) bond motifs is 7. The summed E-state index contributed by atoms with van der Waals surface area (Å²) in [7, 11) is 0. The average molecular weight is 794 g/mol. The second-order valence-corrected chi connectivity index (χ2v) is 16.8. The van der Waals surface area contributed by atoms with Gasteiger partial charge < -0.3 is 14.0 Å². The first-order valence-corrected chi connectivity index (χ1v) is 21.6. The molecule has 1 unspecified atom stereocenters. The van der Waals surface area contributed by atoms with Gasteiger partial charge in [-0.3, -0.25) is 0 Å². The summed E-state index contributed by atoms with van der Waals surface area (Å²) in [5, 5.41) is 7.58. The Morgan fingerprint density at radius 2 is 0.871 bits per heavy atom. The van der Waals surface area contributed by atoms with E-state index in [9.17, 15) is 0 Å². The fraction of sp³-hybridized carbons (Fsp3) is 0.0508. The molecule has 2 heterocycles. The Morgan fingerprint density at radius 1 is 0.419 bits per heavy atom. The highest BCUT2D eigenvalue weighted by atomic mass is 15.1. The van der Waals surface area contributed by atoms with Gasteiger partial charge in [-0.2, -0.15) is 0 Å². The SMILES string of the molecule is CC1(c2ccc(N(c3ccc(-c4ccc(-n5c6ccccc6c6ccccc65)cc4)cc3)c3ccc4ccccc4c3)cc2)C=CC(n2c3ccccc3c3ccccc32)=CC1. The van der Waals surface area contributed by atoms with E-state index in [1.165, 1.54) is 76.8 Å². The Labute approximate surface area is 361 Å². The number of anilines is 3. The van der Waals surface area contributed by atoms with E-state index in [2.05, 4.69) is 252 Å². The van der Waals surface area contributed by atoms with Gasteiger partial charge in [-0.1, -0.05) is 159 Å². The summed E-state index contributed by atoms with van der Waals surface area (Å²) in [6.07, 6.45) is 8.04. The summed E-state index contributed by atoms with van der Waals surface area (Å²) in [6.45, 7) is 2.35. The first-order valence-electron chi connectivity index (χ1n) is 21.6. The van der Waals surface area contributed by atoms with Gasteiger partial charge in [0.05, 0.1) is 22.1 Å². The largest absolute Gasteiger partial charge is 0.310 e. The Kier molecular flexibility index (Phi) is 8.36. The molecule has 0 spiro atoms. The number of benzene rings is 9. The Bertz CT molecular complexity index is 3440. The average Bonchev–Trinajstić information content (AvgIpc) is 3.86. The van der Waals surface area contributed by atoms with E-state index in [-0.39, 0.29) is 5.41 Å². The van der Waals surface area contributed by atoms with Crippen molar-refractivity contribution in [2.45, 2.75) is 18.8 Å². The van der Waals surface area contributed by atoms with Gasteiger partial charge in [-0.05, 0) is 113 Å². The van der Waals surface area contributed by atoms with Crippen molar-refractivity contribution in [3.8, 4) is 16.8 Å². The lowest BCUT2D eigenvalue weighted by atomic mass is 9.77. The molecule has 0 N–H and O–H groups in total. The number of nitrogens with zero attached hydrogens (tertiary/aromatic N) is 3. The Morgan fingerprint density at radius 3 is 1.40 bits per heavy atom. The van der Waals surface area contributed by atoms with Crippen LogP contribution in [0.3, 0.4) is 0 Å². The molecule has 3 nitrogen and oxygen atoms in total. The standard InChI is InChI=1S/C59H43N3/c1-59(38-36-49(37-39-59)62-57-20-10-6-16-53(57)54-17-7-11-21-58(54)62)45-27-34-47(35-28-45)60(50-33-26-41-12-2-3-13-44(41)40-50)46-29-22-42(23-30-46)43-24-31-48(32-25-43)61-55-18-8-4-14-51(55)52-15-5-9-19-56(52)61/h2-38,40H,39H2,1H3. The highest BCUT2D eigenvalue weighted by Crippen LogP contribution is 2.42. The molecule has 0 fully saturated rings. The van der Waals surface area contributed by atoms with Crippen LogP contribution in [-0.4, -0.2) is 9.13 Å². The number of rotatable bonds is 7. The topological polar surface area (TPSA) is 13.1 Å². The second kappa shape index (κ2) is 14.4. The van der Waals surface area contributed by atoms with Crippen LogP contribution >= 0.6 is 0 Å². The molecular weight excluding hydrogens is 751 g/mol. The van der Waals surface area contributed by atoms with E-state index in [4.69, 9.17) is 0 Å². The number of aromatic nitrogens is 2. The van der Waals surface area contributed by atoms with Crippen LogP contribution < -0.4 is 4.90 Å². The van der Waals surface area contributed by atoms with Gasteiger partial charge in [0.15, 0.2) is 0 Å². The highest BCUT2D eigenvalue weighted by molar-refractivity contribution is 6.11. The van der Waals surface area contributed by atoms with Gasteiger partial charge in [0, 0.05) is 55.4 Å². The maximum absolute atomic E-state index is 2.42. The van der Waals surface area contributed by atoms with Crippen LogP contribution in [0.4, 0.5) is 17.1 Å². The third-order valence-corrected chi connectivity index (χ3v) is 13.1. The summed E-state index contributed by atoms with van der Waals surface area (Å²) < 4.78 is 4.79. The number of allylic oxidation sites excluding steroid dienone is 4. The van der Waals surface area contributed by atoms with E-state index in [0.717, 1.165) is 29.2 Å². The molecule has 3 heteroatoms. The van der Waals surface area contributed by atoms with Gasteiger partial charge >= 0.3 is 0 Å². The van der Waals surface area contributed by atoms with Gasteiger partial charge in [0.1, 0.15) is 0 Å². The van der Waals surface area contributed by atoms with E-state index >= 15 is 0 Å². The minimum absolute atomic E-state index is 0.132. The molecular formula is C59H43N3. The predicted octanol–water partition coefficient (Wildman–Crippen LogP) is 15.9. The van der Waals surface area contributed by atoms with Crippen molar-refractivity contribution in [2.75, 3.05) is 4.90 Å². The van der Waals surface area contributed by atoms with Crippen molar-refractivity contribution in [3.05, 3.63) is 236 Å². The molecule has 11 aromatic rings. The van der Waals surface area contributed by atoms with Crippen LogP contribution in [0, 0.1) is 0 Å². The van der Waals surface area contributed by atoms with Crippen LogP contribution in [0.1, 0.15) is 18.9 Å². The molecule has 1 aliphatic carbocycles. The molecule has 12 rings (SSSR count). The lowest BCUT2D eigenvalue weighted by molar-refractivity contribution is 0.599. The van der Waals surface area contributed by atoms with E-state index < -0.39 is 0 Å². The van der Waals surface area contributed by atoms with Crippen LogP contribution in [-0.2, 0) is 5.41 Å². The highest BCUT2D eigenvalue weighted by Gasteiger charge is 2.27. The van der Waals surface area contributed by atoms with Crippen LogP contribution in [0.15, 0.2) is 231 Å². The lowest BCUT2D eigenvalue weighted by Gasteiger charge is -2.31. The molecule has 0 aliphatic heterocycles. The zero-order valence-electron chi connectivity index (χ0n) is 34.5. The molecule has 1 atom stereocenters. The zero-order chi connectivity index (χ0) is 41.2. The van der Waals surface area contributed by atoms with Crippen LogP contribution in [0.25, 0.3) is 76.9 Å². The normalized spacial score (nSPS) is 15.2. The predicted molar refractivity (Wildman–Crippen MR) is 263 cm³/mol. The van der Waals surface area contributed by atoms with Crippen LogP contribution in [0.2, 0.25) is 0 Å². The molecule has 0 radical (unpaired) electrons. The molecule has 294 valence electrons. The number of hydrogen-bond donors (Lipinski definition) is 0. The lowest BCUT2D eigenvalue weighted by Crippen LogP contribution is -2.21. The first-order chi connectivity index (χ1) is 30.6. The molecule has 62 heavy (non-hydrogen) atoms. The molecule has 0 saturated carbocycles. The maximum Gasteiger partial charge on any atom is 0.0541 e. The fourth-order valence-electron chi connectivity index (χ4n) is 9.86. The third-order valence-electron chi connectivity index (χ3n) is 13.1. The minimum Gasteiger partial charge on any atom is -0.310 e.